The maximum atomic E-state index is 9.20. The molecule has 3 aromatic heterocycles. The zero-order valence-corrected chi connectivity index (χ0v) is 15.3. The standard InChI is InChI=1S/C19H15N7S/c1-2-15-7-4-8-16(23-15)24-19-25-17(14-6-3-5-13(9-14)10-20)18(27-19)26-12-21-11-22-26/h3-9,11-12H,2H2,1H3,(H,23,24,25). The van der Waals surface area contributed by atoms with E-state index in [9.17, 15) is 5.26 Å². The second-order valence-electron chi connectivity index (χ2n) is 5.70. The van der Waals surface area contributed by atoms with Crippen molar-refractivity contribution in [1.82, 2.24) is 24.7 Å². The molecule has 3 heterocycles. The molecule has 0 saturated carbocycles. The van der Waals surface area contributed by atoms with Gasteiger partial charge in [0.25, 0.3) is 0 Å². The molecular weight excluding hydrogens is 358 g/mol. The Morgan fingerprint density at radius 3 is 2.85 bits per heavy atom. The lowest BCUT2D eigenvalue weighted by Crippen LogP contribution is -1.95. The summed E-state index contributed by atoms with van der Waals surface area (Å²) in [6, 6.07) is 15.4. The van der Waals surface area contributed by atoms with Crippen molar-refractivity contribution in [3.8, 4) is 22.3 Å². The zero-order valence-electron chi connectivity index (χ0n) is 14.5. The molecule has 0 amide bonds. The minimum atomic E-state index is 0.580. The maximum Gasteiger partial charge on any atom is 0.190 e. The van der Waals surface area contributed by atoms with E-state index >= 15 is 0 Å². The molecule has 132 valence electrons. The van der Waals surface area contributed by atoms with Gasteiger partial charge in [0.1, 0.15) is 29.2 Å². The summed E-state index contributed by atoms with van der Waals surface area (Å²) in [4.78, 5) is 13.3. The highest BCUT2D eigenvalue weighted by Crippen LogP contribution is 2.35. The Bertz CT molecular complexity index is 1110. The first-order valence-electron chi connectivity index (χ1n) is 8.36. The summed E-state index contributed by atoms with van der Waals surface area (Å²) in [5.41, 5.74) is 3.17. The molecule has 0 unspecified atom stereocenters. The van der Waals surface area contributed by atoms with Gasteiger partial charge in [0.05, 0.1) is 11.6 Å². The van der Waals surface area contributed by atoms with Crippen LogP contribution < -0.4 is 5.32 Å². The molecule has 27 heavy (non-hydrogen) atoms. The van der Waals surface area contributed by atoms with Crippen LogP contribution >= 0.6 is 11.3 Å². The van der Waals surface area contributed by atoms with Gasteiger partial charge in [-0.3, -0.25) is 0 Å². The topological polar surface area (TPSA) is 92.3 Å². The molecule has 0 radical (unpaired) electrons. The number of rotatable bonds is 5. The van der Waals surface area contributed by atoms with Gasteiger partial charge in [-0.2, -0.15) is 10.4 Å². The average Bonchev–Trinajstić information content (AvgIpc) is 3.38. The normalized spacial score (nSPS) is 10.5. The third kappa shape index (κ3) is 3.54. The Morgan fingerprint density at radius 2 is 2.07 bits per heavy atom. The maximum absolute atomic E-state index is 9.20. The van der Waals surface area contributed by atoms with Gasteiger partial charge in [0.15, 0.2) is 5.13 Å². The number of anilines is 2. The van der Waals surface area contributed by atoms with E-state index in [2.05, 4.69) is 33.4 Å². The fraction of sp³-hybridized carbons (Fsp3) is 0.105. The quantitative estimate of drug-likeness (QED) is 0.569. The van der Waals surface area contributed by atoms with Crippen LogP contribution in [0.2, 0.25) is 0 Å². The van der Waals surface area contributed by atoms with Gasteiger partial charge >= 0.3 is 0 Å². The van der Waals surface area contributed by atoms with Crippen LogP contribution in [0.4, 0.5) is 10.9 Å². The van der Waals surface area contributed by atoms with Gasteiger partial charge in [0.2, 0.25) is 0 Å². The molecule has 0 aliphatic carbocycles. The second kappa shape index (κ2) is 7.35. The molecular formula is C19H15N7S. The summed E-state index contributed by atoms with van der Waals surface area (Å²) in [5.74, 6) is 0.741. The molecule has 4 aromatic rings. The first-order valence-corrected chi connectivity index (χ1v) is 9.18. The second-order valence-corrected chi connectivity index (χ2v) is 6.68. The van der Waals surface area contributed by atoms with Crippen molar-refractivity contribution in [2.75, 3.05) is 5.32 Å². The minimum absolute atomic E-state index is 0.580. The lowest BCUT2D eigenvalue weighted by Gasteiger charge is -2.03. The minimum Gasteiger partial charge on any atom is -0.316 e. The Labute approximate surface area is 160 Å². The van der Waals surface area contributed by atoms with Crippen LogP contribution in [0.15, 0.2) is 55.1 Å². The van der Waals surface area contributed by atoms with Crippen molar-refractivity contribution in [2.45, 2.75) is 13.3 Å². The fourth-order valence-corrected chi connectivity index (χ4v) is 3.54. The van der Waals surface area contributed by atoms with E-state index in [0.29, 0.717) is 10.7 Å². The molecule has 0 bridgehead atoms. The van der Waals surface area contributed by atoms with Crippen molar-refractivity contribution in [3.05, 3.63) is 66.4 Å². The molecule has 0 saturated heterocycles. The van der Waals surface area contributed by atoms with Crippen LogP contribution in [0.3, 0.4) is 0 Å². The molecule has 0 aliphatic heterocycles. The zero-order chi connectivity index (χ0) is 18.6. The summed E-state index contributed by atoms with van der Waals surface area (Å²) in [5, 5.41) is 18.2. The van der Waals surface area contributed by atoms with Gasteiger partial charge in [-0.25, -0.2) is 19.6 Å². The molecule has 0 fully saturated rings. The van der Waals surface area contributed by atoms with E-state index in [1.807, 2.05) is 36.4 Å². The number of aryl methyl sites for hydroxylation is 1. The lowest BCUT2D eigenvalue weighted by atomic mass is 10.1. The van der Waals surface area contributed by atoms with Gasteiger partial charge in [-0.15, -0.1) is 0 Å². The Balaban J connectivity index is 1.77. The van der Waals surface area contributed by atoms with E-state index in [1.54, 1.807) is 17.1 Å². The van der Waals surface area contributed by atoms with Crippen LogP contribution in [0.25, 0.3) is 16.3 Å². The molecule has 0 atom stereocenters. The van der Waals surface area contributed by atoms with Crippen molar-refractivity contribution in [3.63, 3.8) is 0 Å². The highest BCUT2D eigenvalue weighted by Gasteiger charge is 2.16. The third-order valence-corrected chi connectivity index (χ3v) is 4.87. The predicted octanol–water partition coefficient (Wildman–Crippen LogP) is 3.96. The van der Waals surface area contributed by atoms with Crippen LogP contribution in [-0.2, 0) is 6.42 Å². The van der Waals surface area contributed by atoms with E-state index < -0.39 is 0 Å². The highest BCUT2D eigenvalue weighted by molar-refractivity contribution is 7.18. The smallest absolute Gasteiger partial charge is 0.190 e. The van der Waals surface area contributed by atoms with E-state index in [0.717, 1.165) is 34.2 Å². The van der Waals surface area contributed by atoms with Gasteiger partial charge < -0.3 is 5.32 Å². The monoisotopic (exact) mass is 373 g/mol. The fourth-order valence-electron chi connectivity index (χ4n) is 2.61. The average molecular weight is 373 g/mol. The number of nitrogens with zero attached hydrogens (tertiary/aromatic N) is 6. The summed E-state index contributed by atoms with van der Waals surface area (Å²) < 4.78 is 1.67. The van der Waals surface area contributed by atoms with Crippen molar-refractivity contribution in [1.29, 1.82) is 5.26 Å². The Morgan fingerprint density at radius 1 is 1.19 bits per heavy atom. The third-order valence-electron chi connectivity index (χ3n) is 3.91. The van der Waals surface area contributed by atoms with Gasteiger partial charge in [0, 0.05) is 11.3 Å². The van der Waals surface area contributed by atoms with Crippen molar-refractivity contribution in [2.24, 2.45) is 0 Å². The summed E-state index contributed by atoms with van der Waals surface area (Å²) in [6.07, 6.45) is 3.98. The number of hydrogen-bond donors (Lipinski definition) is 1. The number of nitrogens with one attached hydrogen (secondary N) is 1. The molecule has 1 aromatic carbocycles. The van der Waals surface area contributed by atoms with Crippen molar-refractivity contribution >= 4 is 22.3 Å². The number of benzene rings is 1. The number of hydrogen-bond acceptors (Lipinski definition) is 7. The summed E-state index contributed by atoms with van der Waals surface area (Å²) in [7, 11) is 0. The molecule has 8 heteroatoms. The predicted molar refractivity (Wildman–Crippen MR) is 104 cm³/mol. The Kier molecular flexibility index (Phi) is 4.60. The molecule has 0 aliphatic rings. The van der Waals surface area contributed by atoms with Gasteiger partial charge in [-0.05, 0) is 30.7 Å². The van der Waals surface area contributed by atoms with Crippen LogP contribution in [0.1, 0.15) is 18.2 Å². The molecule has 1 N–H and O–H groups in total. The van der Waals surface area contributed by atoms with Crippen LogP contribution in [0.5, 0.6) is 0 Å². The van der Waals surface area contributed by atoms with E-state index in [-0.39, 0.29) is 0 Å². The number of nitriles is 1. The van der Waals surface area contributed by atoms with E-state index in [4.69, 9.17) is 4.98 Å². The first-order chi connectivity index (χ1) is 13.3. The van der Waals surface area contributed by atoms with Crippen LogP contribution in [-0.4, -0.2) is 24.7 Å². The molecule has 4 rings (SSSR count). The Hall–Kier alpha value is -3.57. The first kappa shape index (κ1) is 16.9. The van der Waals surface area contributed by atoms with E-state index in [1.165, 1.54) is 17.7 Å². The summed E-state index contributed by atoms with van der Waals surface area (Å²) >= 11 is 1.45. The van der Waals surface area contributed by atoms with Gasteiger partial charge in [-0.1, -0.05) is 36.5 Å². The number of thiazole rings is 1. The highest BCUT2D eigenvalue weighted by atomic mass is 32.1. The molecule has 0 spiro atoms. The lowest BCUT2D eigenvalue weighted by molar-refractivity contribution is 0.895. The molecule has 7 nitrogen and oxygen atoms in total. The number of aromatic nitrogens is 5. The van der Waals surface area contributed by atoms with Crippen molar-refractivity contribution < 1.29 is 0 Å². The largest absolute Gasteiger partial charge is 0.316 e. The number of pyridine rings is 1. The van der Waals surface area contributed by atoms with Crippen LogP contribution in [0, 0.1) is 11.3 Å². The SMILES string of the molecule is CCc1cccc(Nc2nc(-c3cccc(C#N)c3)c(-n3cncn3)s2)n1. The summed E-state index contributed by atoms with van der Waals surface area (Å²) in [6.45, 7) is 2.07.